The second kappa shape index (κ2) is 6.46. The van der Waals surface area contributed by atoms with Crippen molar-refractivity contribution in [2.24, 2.45) is 5.92 Å². The highest BCUT2D eigenvalue weighted by molar-refractivity contribution is 6.37. The van der Waals surface area contributed by atoms with Crippen LogP contribution >= 0.6 is 23.2 Å². The molecular weight excluding hydrogens is 287 g/mol. The van der Waals surface area contributed by atoms with Crippen molar-refractivity contribution < 1.29 is 9.90 Å². The second-order valence-corrected chi connectivity index (χ2v) is 5.55. The van der Waals surface area contributed by atoms with Crippen LogP contribution in [0.5, 0.6) is 5.75 Å². The third kappa shape index (κ3) is 4.00. The van der Waals surface area contributed by atoms with Crippen LogP contribution in [-0.4, -0.2) is 24.1 Å². The van der Waals surface area contributed by atoms with E-state index in [4.69, 9.17) is 23.2 Å². The number of phenols is 1. The summed E-state index contributed by atoms with van der Waals surface area (Å²) in [7, 11) is 0. The van der Waals surface area contributed by atoms with Gasteiger partial charge in [0.25, 0.3) is 0 Å². The average molecular weight is 303 g/mol. The Hall–Kier alpha value is -0.970. The first kappa shape index (κ1) is 14.4. The lowest BCUT2D eigenvalue weighted by Crippen LogP contribution is -2.30. The summed E-state index contributed by atoms with van der Waals surface area (Å²) in [6, 6.07) is 2.98. The van der Waals surface area contributed by atoms with Gasteiger partial charge in [-0.15, -0.1) is 0 Å². The van der Waals surface area contributed by atoms with Crippen LogP contribution < -0.4 is 10.6 Å². The summed E-state index contributed by atoms with van der Waals surface area (Å²) in [6.45, 7) is 1.93. The van der Waals surface area contributed by atoms with Gasteiger partial charge in [-0.2, -0.15) is 0 Å². The van der Waals surface area contributed by atoms with Crippen molar-refractivity contribution in [3.8, 4) is 5.75 Å². The lowest BCUT2D eigenvalue weighted by atomic mass is 9.94. The molecule has 0 saturated carbocycles. The predicted molar refractivity (Wildman–Crippen MR) is 77.0 cm³/mol. The molecule has 1 aliphatic rings. The summed E-state index contributed by atoms with van der Waals surface area (Å²) < 4.78 is 0. The Morgan fingerprint density at radius 1 is 1.32 bits per heavy atom. The van der Waals surface area contributed by atoms with Crippen molar-refractivity contribution in [1.82, 2.24) is 5.32 Å². The van der Waals surface area contributed by atoms with Crippen molar-refractivity contribution in [3.05, 3.63) is 22.2 Å². The van der Waals surface area contributed by atoms with Gasteiger partial charge in [0.15, 0.2) is 5.75 Å². The molecule has 1 fully saturated rings. The van der Waals surface area contributed by atoms with Crippen molar-refractivity contribution in [3.63, 3.8) is 0 Å². The maximum Gasteiger partial charge on any atom is 0.224 e. The van der Waals surface area contributed by atoms with Gasteiger partial charge in [-0.3, -0.25) is 4.79 Å². The first-order chi connectivity index (χ1) is 9.06. The van der Waals surface area contributed by atoms with E-state index in [1.807, 2.05) is 0 Å². The number of rotatable bonds is 3. The summed E-state index contributed by atoms with van der Waals surface area (Å²) in [4.78, 5) is 11.9. The number of hydrogen-bond acceptors (Lipinski definition) is 3. The van der Waals surface area contributed by atoms with Crippen molar-refractivity contribution >= 4 is 34.8 Å². The minimum atomic E-state index is -0.167. The number of carbonyl (C=O) groups excluding carboxylic acids is 1. The van der Waals surface area contributed by atoms with Gasteiger partial charge in [-0.1, -0.05) is 23.2 Å². The molecule has 0 aromatic heterocycles. The molecule has 4 nitrogen and oxygen atoms in total. The lowest BCUT2D eigenvalue weighted by molar-refractivity contribution is -0.117. The molecule has 1 aromatic carbocycles. The molecule has 2 rings (SSSR count). The molecule has 0 atom stereocenters. The maximum atomic E-state index is 11.9. The zero-order chi connectivity index (χ0) is 13.8. The Bertz CT molecular complexity index is 451. The Kier molecular flexibility index (Phi) is 4.91. The molecular formula is C13H16Cl2N2O2. The predicted octanol–water partition coefficient (Wildman–Crippen LogP) is 3.03. The van der Waals surface area contributed by atoms with Crippen LogP contribution in [0.15, 0.2) is 12.1 Å². The molecule has 0 bridgehead atoms. The zero-order valence-electron chi connectivity index (χ0n) is 10.4. The molecule has 1 amide bonds. The van der Waals surface area contributed by atoms with Crippen LogP contribution in [0, 0.1) is 5.92 Å². The second-order valence-electron chi connectivity index (χ2n) is 4.73. The number of aromatic hydroxyl groups is 1. The van der Waals surface area contributed by atoms with E-state index in [2.05, 4.69) is 10.6 Å². The third-order valence-electron chi connectivity index (χ3n) is 3.23. The third-order valence-corrected chi connectivity index (χ3v) is 3.81. The first-order valence-electron chi connectivity index (χ1n) is 6.25. The molecule has 1 aromatic rings. The van der Waals surface area contributed by atoms with Gasteiger partial charge in [-0.25, -0.2) is 0 Å². The molecule has 1 saturated heterocycles. The Morgan fingerprint density at radius 2 is 1.89 bits per heavy atom. The Balaban J connectivity index is 1.94. The van der Waals surface area contributed by atoms with E-state index >= 15 is 0 Å². The summed E-state index contributed by atoms with van der Waals surface area (Å²) in [5.74, 6) is 0.203. The average Bonchev–Trinajstić information content (AvgIpc) is 2.37. The molecule has 1 heterocycles. The molecule has 3 N–H and O–H groups in total. The number of piperidine rings is 1. The normalized spacial score (nSPS) is 16.3. The van der Waals surface area contributed by atoms with E-state index in [1.165, 1.54) is 12.1 Å². The lowest BCUT2D eigenvalue weighted by Gasteiger charge is -2.22. The highest BCUT2D eigenvalue weighted by Gasteiger charge is 2.17. The van der Waals surface area contributed by atoms with Crippen LogP contribution in [0.4, 0.5) is 5.69 Å². The molecule has 19 heavy (non-hydrogen) atoms. The SMILES string of the molecule is O=C(CC1CCNCC1)Nc1cc(Cl)c(O)c(Cl)c1. The Morgan fingerprint density at radius 3 is 2.47 bits per heavy atom. The fourth-order valence-corrected chi connectivity index (χ4v) is 2.68. The highest BCUT2D eigenvalue weighted by Crippen LogP contribution is 2.34. The van der Waals surface area contributed by atoms with Crippen LogP contribution in [0.3, 0.4) is 0 Å². The maximum absolute atomic E-state index is 11.9. The number of carbonyl (C=O) groups is 1. The molecule has 0 aliphatic carbocycles. The molecule has 6 heteroatoms. The number of hydrogen-bond donors (Lipinski definition) is 3. The quantitative estimate of drug-likeness (QED) is 0.752. The summed E-state index contributed by atoms with van der Waals surface area (Å²) in [5, 5.41) is 15.7. The first-order valence-corrected chi connectivity index (χ1v) is 7.00. The smallest absolute Gasteiger partial charge is 0.224 e. The molecule has 0 radical (unpaired) electrons. The summed E-state index contributed by atoms with van der Waals surface area (Å²) in [5.41, 5.74) is 0.506. The van der Waals surface area contributed by atoms with E-state index < -0.39 is 0 Å². The monoisotopic (exact) mass is 302 g/mol. The largest absolute Gasteiger partial charge is 0.505 e. The number of phenolic OH excluding ortho intramolecular Hbond substituents is 1. The summed E-state index contributed by atoms with van der Waals surface area (Å²) in [6.07, 6.45) is 2.53. The van der Waals surface area contributed by atoms with Gasteiger partial charge in [0.2, 0.25) is 5.91 Å². The van der Waals surface area contributed by atoms with E-state index in [1.54, 1.807) is 0 Å². The number of halogens is 2. The summed E-state index contributed by atoms with van der Waals surface area (Å²) >= 11 is 11.6. The Labute approximate surface area is 122 Å². The van der Waals surface area contributed by atoms with Gasteiger partial charge in [-0.05, 0) is 44.0 Å². The van der Waals surface area contributed by atoms with Crippen molar-refractivity contribution in [1.29, 1.82) is 0 Å². The molecule has 0 spiro atoms. The fraction of sp³-hybridized carbons (Fsp3) is 0.462. The topological polar surface area (TPSA) is 61.4 Å². The van der Waals surface area contributed by atoms with Crippen LogP contribution in [0.25, 0.3) is 0 Å². The standard InChI is InChI=1S/C13H16Cl2N2O2/c14-10-6-9(7-11(15)13(10)19)17-12(18)5-8-1-3-16-4-2-8/h6-8,16,19H,1-5H2,(H,17,18). The van der Waals surface area contributed by atoms with Crippen LogP contribution in [-0.2, 0) is 4.79 Å². The number of nitrogens with one attached hydrogen (secondary N) is 2. The number of amides is 1. The molecule has 0 unspecified atom stereocenters. The van der Waals surface area contributed by atoms with E-state index in [-0.39, 0.29) is 21.7 Å². The fourth-order valence-electron chi connectivity index (χ4n) is 2.20. The van der Waals surface area contributed by atoms with Crippen molar-refractivity contribution in [2.75, 3.05) is 18.4 Å². The van der Waals surface area contributed by atoms with Crippen LogP contribution in [0.2, 0.25) is 10.0 Å². The molecule has 104 valence electrons. The van der Waals surface area contributed by atoms with Gasteiger partial charge in [0.1, 0.15) is 0 Å². The van der Waals surface area contributed by atoms with Gasteiger partial charge in [0.05, 0.1) is 10.0 Å². The van der Waals surface area contributed by atoms with Crippen LogP contribution in [0.1, 0.15) is 19.3 Å². The van der Waals surface area contributed by atoms with E-state index in [9.17, 15) is 9.90 Å². The van der Waals surface area contributed by atoms with E-state index in [0.29, 0.717) is 18.0 Å². The van der Waals surface area contributed by atoms with Gasteiger partial charge < -0.3 is 15.7 Å². The molecule has 1 aliphatic heterocycles. The minimum absolute atomic E-state index is 0.0512. The van der Waals surface area contributed by atoms with E-state index in [0.717, 1.165) is 25.9 Å². The number of anilines is 1. The highest BCUT2D eigenvalue weighted by atomic mass is 35.5. The van der Waals surface area contributed by atoms with Crippen molar-refractivity contribution in [2.45, 2.75) is 19.3 Å². The number of benzene rings is 1. The van der Waals surface area contributed by atoms with Gasteiger partial charge >= 0.3 is 0 Å². The zero-order valence-corrected chi connectivity index (χ0v) is 11.9. The minimum Gasteiger partial charge on any atom is -0.505 e. The van der Waals surface area contributed by atoms with Gasteiger partial charge in [0, 0.05) is 12.1 Å².